The summed E-state index contributed by atoms with van der Waals surface area (Å²) in [7, 11) is 0. The number of carbonyl (C=O) groups is 2. The van der Waals surface area contributed by atoms with Gasteiger partial charge in [-0.1, -0.05) is 26.7 Å². The molecule has 2 amide bonds. The second kappa shape index (κ2) is 7.50. The van der Waals surface area contributed by atoms with Gasteiger partial charge in [0, 0.05) is 24.8 Å². The van der Waals surface area contributed by atoms with Crippen LogP contribution in [0.15, 0.2) is 6.07 Å². The third-order valence-corrected chi connectivity index (χ3v) is 5.04. The van der Waals surface area contributed by atoms with Crippen molar-refractivity contribution in [2.45, 2.75) is 58.9 Å². The van der Waals surface area contributed by atoms with Gasteiger partial charge in [-0.3, -0.25) is 9.59 Å². The van der Waals surface area contributed by atoms with Gasteiger partial charge in [-0.15, -0.1) is 0 Å². The summed E-state index contributed by atoms with van der Waals surface area (Å²) < 4.78 is 0. The summed E-state index contributed by atoms with van der Waals surface area (Å²) >= 11 is 0. The predicted molar refractivity (Wildman–Crippen MR) is 95.2 cm³/mol. The Morgan fingerprint density at radius 1 is 1.24 bits per heavy atom. The third-order valence-electron chi connectivity index (χ3n) is 5.04. The molecule has 2 aliphatic rings. The number of hydrogen-bond acceptors (Lipinski definition) is 4. The van der Waals surface area contributed by atoms with Gasteiger partial charge in [-0.25, -0.2) is 9.97 Å². The van der Waals surface area contributed by atoms with Gasteiger partial charge in [0.25, 0.3) is 5.91 Å². The van der Waals surface area contributed by atoms with Crippen LogP contribution in [0.25, 0.3) is 0 Å². The van der Waals surface area contributed by atoms with Crippen molar-refractivity contribution in [1.29, 1.82) is 0 Å². The van der Waals surface area contributed by atoms with Crippen LogP contribution in [0, 0.1) is 12.8 Å². The quantitative estimate of drug-likeness (QED) is 0.840. The van der Waals surface area contributed by atoms with Crippen LogP contribution in [-0.2, 0) is 11.2 Å². The van der Waals surface area contributed by atoms with Gasteiger partial charge >= 0.3 is 0 Å². The predicted octanol–water partition coefficient (Wildman–Crippen LogP) is 2.21. The molecule has 1 saturated carbocycles. The van der Waals surface area contributed by atoms with Crippen LogP contribution in [-0.4, -0.2) is 57.3 Å². The molecular weight excluding hydrogens is 316 g/mol. The first-order valence-electron chi connectivity index (χ1n) is 9.37. The minimum Gasteiger partial charge on any atom is -0.336 e. The number of aromatic nitrogens is 2. The van der Waals surface area contributed by atoms with Gasteiger partial charge in [-0.05, 0) is 38.2 Å². The van der Waals surface area contributed by atoms with E-state index >= 15 is 0 Å². The smallest absolute Gasteiger partial charge is 0.273 e. The molecular formula is C19H28N4O2. The number of piperazine rings is 1. The lowest BCUT2D eigenvalue weighted by atomic mass is 10.1. The summed E-state index contributed by atoms with van der Waals surface area (Å²) in [5.41, 5.74) is 1.30. The molecule has 0 aromatic carbocycles. The molecule has 1 aromatic heterocycles. The van der Waals surface area contributed by atoms with Crippen LogP contribution in [0.4, 0.5) is 0 Å². The highest BCUT2D eigenvalue weighted by Gasteiger charge is 2.33. The van der Waals surface area contributed by atoms with E-state index in [1.54, 1.807) is 11.0 Å². The van der Waals surface area contributed by atoms with Crippen molar-refractivity contribution in [2.24, 2.45) is 5.92 Å². The maximum Gasteiger partial charge on any atom is 0.273 e. The Bertz CT molecular complexity index is 653. The fourth-order valence-electron chi connectivity index (χ4n) is 3.89. The highest BCUT2D eigenvalue weighted by molar-refractivity contribution is 5.95. The summed E-state index contributed by atoms with van der Waals surface area (Å²) in [6.07, 6.45) is 5.43. The first-order valence-corrected chi connectivity index (χ1v) is 9.37. The SMILES string of the molecule is Cc1nc(CC(C)C)cc(C(=O)N2CCN(C3CCCC3)C(=O)C2)n1. The van der Waals surface area contributed by atoms with Crippen molar-refractivity contribution < 1.29 is 9.59 Å². The fourth-order valence-corrected chi connectivity index (χ4v) is 3.89. The molecule has 136 valence electrons. The van der Waals surface area contributed by atoms with Gasteiger partial charge < -0.3 is 9.80 Å². The molecule has 1 saturated heterocycles. The van der Waals surface area contributed by atoms with Crippen molar-refractivity contribution >= 4 is 11.8 Å². The van der Waals surface area contributed by atoms with E-state index in [0.717, 1.165) is 25.0 Å². The topological polar surface area (TPSA) is 66.4 Å². The Kier molecular flexibility index (Phi) is 5.35. The Morgan fingerprint density at radius 2 is 1.96 bits per heavy atom. The zero-order chi connectivity index (χ0) is 18.0. The average molecular weight is 344 g/mol. The van der Waals surface area contributed by atoms with E-state index < -0.39 is 0 Å². The molecule has 25 heavy (non-hydrogen) atoms. The summed E-state index contributed by atoms with van der Waals surface area (Å²) in [6.45, 7) is 7.45. The van der Waals surface area contributed by atoms with Gasteiger partial charge in [0.15, 0.2) is 0 Å². The van der Waals surface area contributed by atoms with Gasteiger partial charge in [0.1, 0.15) is 18.1 Å². The average Bonchev–Trinajstić information content (AvgIpc) is 3.07. The van der Waals surface area contributed by atoms with Crippen LogP contribution in [0.5, 0.6) is 0 Å². The molecule has 0 bridgehead atoms. The molecule has 1 aliphatic carbocycles. The summed E-state index contributed by atoms with van der Waals surface area (Å²) in [4.78, 5) is 37.7. The highest BCUT2D eigenvalue weighted by atomic mass is 16.2. The van der Waals surface area contributed by atoms with Crippen LogP contribution >= 0.6 is 0 Å². The number of aryl methyl sites for hydroxylation is 1. The van der Waals surface area contributed by atoms with Crippen molar-refractivity contribution in [3.63, 3.8) is 0 Å². The maximum absolute atomic E-state index is 12.8. The minimum atomic E-state index is -0.157. The number of carbonyl (C=O) groups excluding carboxylic acids is 2. The first-order chi connectivity index (χ1) is 11.9. The molecule has 0 spiro atoms. The lowest BCUT2D eigenvalue weighted by Gasteiger charge is -2.37. The van der Waals surface area contributed by atoms with E-state index in [2.05, 4.69) is 23.8 Å². The number of amides is 2. The highest BCUT2D eigenvalue weighted by Crippen LogP contribution is 2.25. The molecule has 1 aliphatic heterocycles. The third kappa shape index (κ3) is 4.17. The summed E-state index contributed by atoms with van der Waals surface area (Å²) in [5.74, 6) is 0.987. The van der Waals surface area contributed by atoms with Gasteiger partial charge in [0.2, 0.25) is 5.91 Å². The molecule has 0 N–H and O–H groups in total. The monoisotopic (exact) mass is 344 g/mol. The molecule has 0 unspecified atom stereocenters. The number of rotatable bonds is 4. The second-order valence-corrected chi connectivity index (χ2v) is 7.64. The molecule has 6 nitrogen and oxygen atoms in total. The van der Waals surface area contributed by atoms with Crippen molar-refractivity contribution in [1.82, 2.24) is 19.8 Å². The number of nitrogens with zero attached hydrogens (tertiary/aromatic N) is 4. The Morgan fingerprint density at radius 3 is 2.60 bits per heavy atom. The van der Waals surface area contributed by atoms with Crippen LogP contribution in [0.2, 0.25) is 0 Å². The largest absolute Gasteiger partial charge is 0.336 e. The summed E-state index contributed by atoms with van der Waals surface area (Å²) in [5, 5.41) is 0. The molecule has 1 aromatic rings. The molecule has 0 atom stereocenters. The molecule has 2 fully saturated rings. The Hall–Kier alpha value is -1.98. The molecule has 3 rings (SSSR count). The van der Waals surface area contributed by atoms with E-state index in [0.29, 0.717) is 36.6 Å². The van der Waals surface area contributed by atoms with E-state index in [1.165, 1.54) is 12.8 Å². The lowest BCUT2D eigenvalue weighted by molar-refractivity contribution is -0.137. The van der Waals surface area contributed by atoms with Gasteiger partial charge in [-0.2, -0.15) is 0 Å². The van der Waals surface area contributed by atoms with Crippen LogP contribution in [0.3, 0.4) is 0 Å². The van der Waals surface area contributed by atoms with E-state index in [-0.39, 0.29) is 18.4 Å². The van der Waals surface area contributed by atoms with Crippen molar-refractivity contribution in [3.05, 3.63) is 23.3 Å². The Labute approximate surface area is 149 Å². The standard InChI is InChI=1S/C19H28N4O2/c1-13(2)10-15-11-17(21-14(3)20-15)19(25)22-8-9-23(18(24)12-22)16-6-4-5-7-16/h11,13,16H,4-10,12H2,1-3H3. The molecule has 2 heterocycles. The Balaban J connectivity index is 1.69. The summed E-state index contributed by atoms with van der Waals surface area (Å²) in [6, 6.07) is 2.16. The number of hydrogen-bond donors (Lipinski definition) is 0. The molecule has 0 radical (unpaired) electrons. The van der Waals surface area contributed by atoms with E-state index in [4.69, 9.17) is 0 Å². The second-order valence-electron chi connectivity index (χ2n) is 7.64. The fraction of sp³-hybridized carbons (Fsp3) is 0.684. The van der Waals surface area contributed by atoms with E-state index in [9.17, 15) is 9.59 Å². The first kappa shape index (κ1) is 17.8. The maximum atomic E-state index is 12.8. The van der Waals surface area contributed by atoms with Crippen molar-refractivity contribution in [2.75, 3.05) is 19.6 Å². The van der Waals surface area contributed by atoms with E-state index in [1.807, 2.05) is 11.8 Å². The normalized spacial score (nSPS) is 19.1. The van der Waals surface area contributed by atoms with Gasteiger partial charge in [0.05, 0.1) is 0 Å². The zero-order valence-corrected chi connectivity index (χ0v) is 15.5. The molecule has 6 heteroatoms. The minimum absolute atomic E-state index is 0.0691. The van der Waals surface area contributed by atoms with Crippen LogP contribution in [0.1, 0.15) is 61.5 Å². The van der Waals surface area contributed by atoms with Crippen LogP contribution < -0.4 is 0 Å². The van der Waals surface area contributed by atoms with Crippen molar-refractivity contribution in [3.8, 4) is 0 Å². The zero-order valence-electron chi connectivity index (χ0n) is 15.5. The lowest BCUT2D eigenvalue weighted by Crippen LogP contribution is -2.55.